The number of carbonyl (C=O) groups excluding carboxylic acids is 3. The Morgan fingerprint density at radius 3 is 2.39 bits per heavy atom. The molecule has 1 aromatic carbocycles. The van der Waals surface area contributed by atoms with Crippen LogP contribution in [-0.2, 0) is 25.6 Å². The maximum Gasteiger partial charge on any atom is 0.305 e. The molecule has 0 saturated carbocycles. The Bertz CT molecular complexity index is 1080. The van der Waals surface area contributed by atoms with E-state index in [0.29, 0.717) is 5.56 Å². The number of hydrogen-bond donors (Lipinski definition) is 3. The van der Waals surface area contributed by atoms with Gasteiger partial charge in [-0.3, -0.25) is 24.0 Å². The molecule has 0 spiro atoms. The summed E-state index contributed by atoms with van der Waals surface area (Å²) in [5.41, 5.74) is 0.674. The summed E-state index contributed by atoms with van der Waals surface area (Å²) in [7, 11) is 0. The zero-order chi connectivity index (χ0) is 24.5. The highest BCUT2D eigenvalue weighted by atomic mass is 19.1. The molecule has 2 atom stereocenters. The summed E-state index contributed by atoms with van der Waals surface area (Å²) in [6.07, 6.45) is 0.810. The Kier molecular flexibility index (Phi) is 9.02. The van der Waals surface area contributed by atoms with E-state index in [1.165, 1.54) is 12.3 Å². The highest BCUT2D eigenvalue weighted by Gasteiger charge is 2.28. The van der Waals surface area contributed by atoms with Gasteiger partial charge in [-0.1, -0.05) is 37.3 Å². The molecule has 0 radical (unpaired) electrons. The molecule has 1 unspecified atom stereocenters. The Morgan fingerprint density at radius 2 is 1.82 bits per heavy atom. The third kappa shape index (κ3) is 7.09. The smallest absolute Gasteiger partial charge is 0.305 e. The Hall–Kier alpha value is -3.82. The van der Waals surface area contributed by atoms with Crippen molar-refractivity contribution in [2.45, 2.75) is 45.2 Å². The highest BCUT2D eigenvalue weighted by Crippen LogP contribution is 2.15. The predicted molar refractivity (Wildman–Crippen MR) is 119 cm³/mol. The van der Waals surface area contributed by atoms with Gasteiger partial charge in [0.2, 0.25) is 11.8 Å². The minimum absolute atomic E-state index is 0.0240. The number of aryl methyl sites for hydroxylation is 1. The van der Waals surface area contributed by atoms with E-state index in [1.807, 2.05) is 6.07 Å². The van der Waals surface area contributed by atoms with Gasteiger partial charge in [0.1, 0.15) is 24.4 Å². The van der Waals surface area contributed by atoms with Crippen LogP contribution in [0.1, 0.15) is 36.9 Å². The molecule has 3 N–H and O–H groups in total. The molecule has 9 nitrogen and oxygen atoms in total. The molecular formula is C23H26FN3O6. The fourth-order valence-corrected chi connectivity index (χ4v) is 3.33. The van der Waals surface area contributed by atoms with E-state index in [1.54, 1.807) is 38.1 Å². The van der Waals surface area contributed by atoms with Gasteiger partial charge >= 0.3 is 5.97 Å². The molecule has 1 aromatic heterocycles. The van der Waals surface area contributed by atoms with Crippen molar-refractivity contribution in [3.05, 3.63) is 64.1 Å². The van der Waals surface area contributed by atoms with Gasteiger partial charge in [-0.05, 0) is 30.5 Å². The number of alkyl halides is 1. The summed E-state index contributed by atoms with van der Waals surface area (Å²) < 4.78 is 13.9. The van der Waals surface area contributed by atoms with Crippen molar-refractivity contribution in [3.8, 4) is 0 Å². The van der Waals surface area contributed by atoms with Crippen molar-refractivity contribution in [1.82, 2.24) is 9.88 Å². The van der Waals surface area contributed by atoms with Gasteiger partial charge in [0, 0.05) is 6.20 Å². The lowest BCUT2D eigenvalue weighted by molar-refractivity contribution is -0.140. The number of pyridine rings is 1. The van der Waals surface area contributed by atoms with Crippen molar-refractivity contribution >= 4 is 29.3 Å². The van der Waals surface area contributed by atoms with E-state index in [2.05, 4.69) is 10.6 Å². The molecule has 33 heavy (non-hydrogen) atoms. The van der Waals surface area contributed by atoms with Gasteiger partial charge in [0.05, 0.1) is 12.8 Å². The Morgan fingerprint density at radius 1 is 1.15 bits per heavy atom. The minimum Gasteiger partial charge on any atom is -0.481 e. The number of rotatable bonds is 11. The topological polar surface area (TPSA) is 135 Å². The van der Waals surface area contributed by atoms with E-state index in [4.69, 9.17) is 5.11 Å². The number of amides is 2. The molecular weight excluding hydrogens is 433 g/mol. The van der Waals surface area contributed by atoms with Crippen LogP contribution in [0.2, 0.25) is 0 Å². The van der Waals surface area contributed by atoms with Gasteiger partial charge in [-0.25, -0.2) is 4.39 Å². The number of nitrogens with zero attached hydrogens (tertiary/aromatic N) is 1. The number of aliphatic carboxylic acids is 1. The number of hydrogen-bond acceptors (Lipinski definition) is 5. The summed E-state index contributed by atoms with van der Waals surface area (Å²) in [6.45, 7) is 1.86. The minimum atomic E-state index is -1.56. The normalized spacial score (nSPS) is 12.5. The molecule has 2 aromatic rings. The maximum absolute atomic E-state index is 13.0. The first-order valence-electron chi connectivity index (χ1n) is 10.3. The number of benzene rings is 1. The number of carbonyl (C=O) groups is 4. The SMILES string of the molecule is CCC(C(=O)N[C@@H](CC(=O)O)C(=O)CF)n1cc(C)cc(NC(=O)Cc2ccccc2)c1=O. The molecule has 0 fully saturated rings. The summed E-state index contributed by atoms with van der Waals surface area (Å²) in [6, 6.07) is 7.77. The average Bonchev–Trinajstić information content (AvgIpc) is 2.76. The summed E-state index contributed by atoms with van der Waals surface area (Å²) in [4.78, 5) is 60.9. The first kappa shape index (κ1) is 25.4. The fourth-order valence-electron chi connectivity index (χ4n) is 3.33. The van der Waals surface area contributed by atoms with Gasteiger partial charge in [0.15, 0.2) is 5.78 Å². The number of carboxylic acids is 1. The summed E-state index contributed by atoms with van der Waals surface area (Å²) in [5.74, 6) is -3.68. The second kappa shape index (κ2) is 11.7. The van der Waals surface area contributed by atoms with Crippen LogP contribution in [-0.4, -0.2) is 46.0 Å². The zero-order valence-corrected chi connectivity index (χ0v) is 18.3. The number of aromatic nitrogens is 1. The predicted octanol–water partition coefficient (Wildman–Crippen LogP) is 1.79. The quantitative estimate of drug-likeness (QED) is 0.469. The van der Waals surface area contributed by atoms with Gasteiger partial charge in [-0.2, -0.15) is 0 Å². The average molecular weight is 459 g/mol. The fraction of sp³-hybridized carbons (Fsp3) is 0.348. The summed E-state index contributed by atoms with van der Waals surface area (Å²) in [5, 5.41) is 13.7. The third-order valence-electron chi connectivity index (χ3n) is 4.90. The van der Waals surface area contributed by atoms with Crippen LogP contribution >= 0.6 is 0 Å². The van der Waals surface area contributed by atoms with E-state index >= 15 is 0 Å². The van der Waals surface area contributed by atoms with Crippen LogP contribution in [0.4, 0.5) is 10.1 Å². The van der Waals surface area contributed by atoms with E-state index in [-0.39, 0.29) is 18.5 Å². The van der Waals surface area contributed by atoms with Crippen LogP contribution in [0.3, 0.4) is 0 Å². The first-order valence-corrected chi connectivity index (χ1v) is 10.3. The van der Waals surface area contributed by atoms with E-state index in [9.17, 15) is 28.4 Å². The number of halogens is 1. The molecule has 176 valence electrons. The van der Waals surface area contributed by atoms with Crippen molar-refractivity contribution in [2.75, 3.05) is 12.0 Å². The van der Waals surface area contributed by atoms with Crippen molar-refractivity contribution < 1.29 is 28.7 Å². The zero-order valence-electron chi connectivity index (χ0n) is 18.3. The van der Waals surface area contributed by atoms with Gasteiger partial charge in [-0.15, -0.1) is 0 Å². The number of ketones is 1. The molecule has 2 amide bonds. The van der Waals surface area contributed by atoms with Crippen LogP contribution in [0.5, 0.6) is 0 Å². The maximum atomic E-state index is 13.0. The molecule has 0 aliphatic heterocycles. The van der Waals surface area contributed by atoms with E-state index < -0.39 is 54.3 Å². The lowest BCUT2D eigenvalue weighted by Gasteiger charge is -2.22. The monoisotopic (exact) mass is 459 g/mol. The van der Waals surface area contributed by atoms with Crippen molar-refractivity contribution in [3.63, 3.8) is 0 Å². The Labute approximate surface area is 189 Å². The number of carboxylic acid groups (broad SMARTS) is 1. The summed E-state index contributed by atoms with van der Waals surface area (Å²) >= 11 is 0. The van der Waals surface area contributed by atoms with Crippen LogP contribution in [0, 0.1) is 6.92 Å². The standard InChI is InChI=1S/C23H26FN3O6/c1-3-18(22(32)26-16(11-21(30)31)19(28)12-24)27-13-14(2)9-17(23(27)33)25-20(29)10-15-7-5-4-6-8-15/h4-9,13,16,18H,3,10-12H2,1-2H3,(H,25,29)(H,26,32)(H,30,31)/t16-,18?/m0/s1. The molecule has 2 rings (SSSR count). The van der Waals surface area contributed by atoms with Gasteiger partial charge in [0.25, 0.3) is 5.56 Å². The molecule has 1 heterocycles. The van der Waals surface area contributed by atoms with Crippen LogP contribution in [0.15, 0.2) is 47.4 Å². The van der Waals surface area contributed by atoms with E-state index in [0.717, 1.165) is 10.1 Å². The lowest BCUT2D eigenvalue weighted by Crippen LogP contribution is -2.47. The number of Topliss-reactive ketones (excluding diaryl/α,β-unsaturated/α-hetero) is 1. The van der Waals surface area contributed by atoms with Crippen LogP contribution < -0.4 is 16.2 Å². The molecule has 0 bridgehead atoms. The largest absolute Gasteiger partial charge is 0.481 e. The Balaban J connectivity index is 2.28. The second-order valence-corrected chi connectivity index (χ2v) is 7.54. The molecule has 10 heteroatoms. The highest BCUT2D eigenvalue weighted by molar-refractivity contribution is 5.94. The number of anilines is 1. The van der Waals surface area contributed by atoms with Crippen LogP contribution in [0.25, 0.3) is 0 Å². The van der Waals surface area contributed by atoms with Crippen molar-refractivity contribution in [1.29, 1.82) is 0 Å². The lowest BCUT2D eigenvalue weighted by atomic mass is 10.1. The second-order valence-electron chi connectivity index (χ2n) is 7.54. The molecule has 0 aliphatic rings. The number of nitrogens with one attached hydrogen (secondary N) is 2. The molecule has 0 saturated heterocycles. The van der Waals surface area contributed by atoms with Crippen molar-refractivity contribution in [2.24, 2.45) is 0 Å². The first-order chi connectivity index (χ1) is 15.7. The third-order valence-corrected chi connectivity index (χ3v) is 4.90. The van der Waals surface area contributed by atoms with Gasteiger partial charge < -0.3 is 20.3 Å². The molecule has 0 aliphatic carbocycles.